The molecule has 110 valence electrons. The molecule has 2 aromatic rings. The van der Waals surface area contributed by atoms with Gasteiger partial charge in [0.1, 0.15) is 5.75 Å². The van der Waals surface area contributed by atoms with E-state index in [9.17, 15) is 4.79 Å². The molecule has 0 aliphatic heterocycles. The summed E-state index contributed by atoms with van der Waals surface area (Å²) in [6, 6.07) is 11.4. The smallest absolute Gasteiger partial charge is 0.262 e. The van der Waals surface area contributed by atoms with E-state index in [1.54, 1.807) is 0 Å². The molecular weight excluding hydrogens is 398 g/mol. The van der Waals surface area contributed by atoms with E-state index in [-0.39, 0.29) is 12.5 Å². The van der Waals surface area contributed by atoms with Crippen molar-refractivity contribution in [3.05, 3.63) is 56.5 Å². The van der Waals surface area contributed by atoms with Crippen LogP contribution >= 0.6 is 31.9 Å². The minimum absolute atomic E-state index is 0.0292. The number of rotatable bonds is 4. The molecule has 2 rings (SSSR count). The number of hydrogen-bond acceptors (Lipinski definition) is 2. The third-order valence-electron chi connectivity index (χ3n) is 2.85. The van der Waals surface area contributed by atoms with E-state index in [2.05, 4.69) is 37.2 Å². The van der Waals surface area contributed by atoms with Gasteiger partial charge < -0.3 is 10.1 Å². The first kappa shape index (κ1) is 16.0. The van der Waals surface area contributed by atoms with Gasteiger partial charge in [0.05, 0.1) is 4.47 Å². The Balaban J connectivity index is 1.97. The van der Waals surface area contributed by atoms with Crippen molar-refractivity contribution >= 4 is 43.5 Å². The lowest BCUT2D eigenvalue weighted by Crippen LogP contribution is -2.20. The molecule has 0 spiro atoms. The molecule has 0 atom stereocenters. The second-order valence-corrected chi connectivity index (χ2v) is 6.51. The van der Waals surface area contributed by atoms with Crippen molar-refractivity contribution in [3.8, 4) is 5.75 Å². The fraction of sp³-hybridized carbons (Fsp3) is 0.188. The molecular formula is C16H15Br2NO2. The lowest BCUT2D eigenvalue weighted by atomic mass is 10.1. The van der Waals surface area contributed by atoms with Crippen molar-refractivity contribution in [2.45, 2.75) is 13.8 Å². The quantitative estimate of drug-likeness (QED) is 0.779. The minimum Gasteiger partial charge on any atom is -0.482 e. The molecule has 0 fully saturated rings. The largest absolute Gasteiger partial charge is 0.482 e. The van der Waals surface area contributed by atoms with Crippen molar-refractivity contribution in [1.82, 2.24) is 0 Å². The van der Waals surface area contributed by atoms with Crippen LogP contribution in [-0.2, 0) is 4.79 Å². The Morgan fingerprint density at radius 2 is 1.81 bits per heavy atom. The number of anilines is 1. The third kappa shape index (κ3) is 4.58. The van der Waals surface area contributed by atoms with Crippen molar-refractivity contribution in [2.24, 2.45) is 0 Å². The molecule has 0 aliphatic rings. The zero-order valence-electron chi connectivity index (χ0n) is 11.7. The van der Waals surface area contributed by atoms with Crippen molar-refractivity contribution in [2.75, 3.05) is 11.9 Å². The Bertz CT molecular complexity index is 631. The van der Waals surface area contributed by atoms with Gasteiger partial charge in [-0.1, -0.05) is 22.0 Å². The number of amides is 1. The van der Waals surface area contributed by atoms with Crippen molar-refractivity contribution < 1.29 is 9.53 Å². The van der Waals surface area contributed by atoms with Crippen LogP contribution in [0.15, 0.2) is 45.3 Å². The van der Waals surface area contributed by atoms with Crippen LogP contribution in [-0.4, -0.2) is 12.5 Å². The fourth-order valence-electron chi connectivity index (χ4n) is 1.95. The van der Waals surface area contributed by atoms with Crippen LogP contribution in [0.2, 0.25) is 0 Å². The maximum atomic E-state index is 11.9. The van der Waals surface area contributed by atoms with E-state index in [1.165, 1.54) is 0 Å². The zero-order chi connectivity index (χ0) is 15.4. The summed E-state index contributed by atoms with van der Waals surface area (Å²) in [5.41, 5.74) is 2.89. The molecule has 0 aromatic heterocycles. The van der Waals surface area contributed by atoms with Crippen LogP contribution in [0.4, 0.5) is 5.69 Å². The first-order chi connectivity index (χ1) is 9.95. The number of nitrogens with one attached hydrogen (secondary N) is 1. The maximum Gasteiger partial charge on any atom is 0.262 e. The summed E-state index contributed by atoms with van der Waals surface area (Å²) in [6.07, 6.45) is 0. The molecule has 0 radical (unpaired) electrons. The summed E-state index contributed by atoms with van der Waals surface area (Å²) in [7, 11) is 0. The molecule has 1 amide bonds. The molecule has 1 N–H and O–H groups in total. The molecule has 2 aromatic carbocycles. The van der Waals surface area contributed by atoms with E-state index in [4.69, 9.17) is 4.74 Å². The molecule has 5 heteroatoms. The predicted octanol–water partition coefficient (Wildman–Crippen LogP) is 4.85. The van der Waals surface area contributed by atoms with Crippen molar-refractivity contribution in [1.29, 1.82) is 0 Å². The van der Waals surface area contributed by atoms with Gasteiger partial charge in [-0.3, -0.25) is 4.79 Å². The topological polar surface area (TPSA) is 38.3 Å². The molecule has 0 unspecified atom stereocenters. The molecule has 0 saturated heterocycles. The van der Waals surface area contributed by atoms with Crippen LogP contribution in [0.3, 0.4) is 0 Å². The zero-order valence-corrected chi connectivity index (χ0v) is 14.9. The highest BCUT2D eigenvalue weighted by molar-refractivity contribution is 9.10. The van der Waals surface area contributed by atoms with Crippen LogP contribution in [0.5, 0.6) is 5.75 Å². The Labute approximate surface area is 141 Å². The summed E-state index contributed by atoms with van der Waals surface area (Å²) in [6.45, 7) is 3.94. The summed E-state index contributed by atoms with van der Waals surface area (Å²) in [5.74, 6) is 0.510. The minimum atomic E-state index is -0.191. The number of aryl methyl sites for hydroxylation is 2. The van der Waals surface area contributed by atoms with E-state index in [0.717, 1.165) is 25.8 Å². The lowest BCUT2D eigenvalue weighted by Gasteiger charge is -2.12. The Morgan fingerprint density at radius 1 is 1.14 bits per heavy atom. The number of carbonyl (C=O) groups is 1. The van der Waals surface area contributed by atoms with Gasteiger partial charge in [0.25, 0.3) is 5.91 Å². The lowest BCUT2D eigenvalue weighted by molar-refractivity contribution is -0.118. The number of halogens is 2. The summed E-state index contributed by atoms with van der Waals surface area (Å²) in [5, 5.41) is 2.79. The average Bonchev–Trinajstić information content (AvgIpc) is 2.40. The summed E-state index contributed by atoms with van der Waals surface area (Å²) >= 11 is 6.81. The summed E-state index contributed by atoms with van der Waals surface area (Å²) < 4.78 is 7.44. The van der Waals surface area contributed by atoms with E-state index in [0.29, 0.717) is 5.75 Å². The van der Waals surface area contributed by atoms with Crippen molar-refractivity contribution in [3.63, 3.8) is 0 Å². The molecule has 21 heavy (non-hydrogen) atoms. The van der Waals surface area contributed by atoms with Gasteiger partial charge in [-0.15, -0.1) is 0 Å². The van der Waals surface area contributed by atoms with Gasteiger partial charge in [-0.25, -0.2) is 0 Å². The SMILES string of the molecule is Cc1cc(C)c(OCC(=O)Nc2ccc(Br)cc2)c(Br)c1. The monoisotopic (exact) mass is 411 g/mol. The second kappa shape index (κ2) is 7.09. The van der Waals surface area contributed by atoms with Crippen LogP contribution in [0.1, 0.15) is 11.1 Å². The fourth-order valence-corrected chi connectivity index (χ4v) is 3.01. The van der Waals surface area contributed by atoms with Gasteiger partial charge in [0.2, 0.25) is 0 Å². The number of benzene rings is 2. The third-order valence-corrected chi connectivity index (χ3v) is 3.97. The highest BCUT2D eigenvalue weighted by Crippen LogP contribution is 2.30. The van der Waals surface area contributed by atoms with E-state index < -0.39 is 0 Å². The second-order valence-electron chi connectivity index (χ2n) is 4.74. The van der Waals surface area contributed by atoms with Gasteiger partial charge in [-0.2, -0.15) is 0 Å². The number of carbonyl (C=O) groups excluding carboxylic acids is 1. The number of hydrogen-bond donors (Lipinski definition) is 1. The highest BCUT2D eigenvalue weighted by Gasteiger charge is 2.09. The highest BCUT2D eigenvalue weighted by atomic mass is 79.9. The Kier molecular flexibility index (Phi) is 5.42. The van der Waals surface area contributed by atoms with Crippen LogP contribution in [0.25, 0.3) is 0 Å². The molecule has 0 aliphatic carbocycles. The normalized spacial score (nSPS) is 10.3. The van der Waals surface area contributed by atoms with Gasteiger partial charge in [-0.05, 0) is 71.2 Å². The van der Waals surface area contributed by atoms with E-state index in [1.807, 2.05) is 50.2 Å². The van der Waals surface area contributed by atoms with Gasteiger partial charge in [0, 0.05) is 10.2 Å². The van der Waals surface area contributed by atoms with Gasteiger partial charge in [0.15, 0.2) is 6.61 Å². The first-order valence-electron chi connectivity index (χ1n) is 6.40. The van der Waals surface area contributed by atoms with Gasteiger partial charge >= 0.3 is 0 Å². The maximum absolute atomic E-state index is 11.9. The molecule has 3 nitrogen and oxygen atoms in total. The summed E-state index contributed by atoms with van der Waals surface area (Å²) in [4.78, 5) is 11.9. The predicted molar refractivity (Wildman–Crippen MR) is 91.9 cm³/mol. The number of ether oxygens (including phenoxy) is 1. The Morgan fingerprint density at radius 3 is 2.43 bits per heavy atom. The molecule has 0 saturated carbocycles. The Hall–Kier alpha value is -1.33. The first-order valence-corrected chi connectivity index (χ1v) is 7.99. The molecule has 0 heterocycles. The van der Waals surface area contributed by atoms with Crippen LogP contribution in [0, 0.1) is 13.8 Å². The molecule has 0 bridgehead atoms. The average molecular weight is 413 g/mol. The van der Waals surface area contributed by atoms with Crippen LogP contribution < -0.4 is 10.1 Å². The standard InChI is InChI=1S/C16H15Br2NO2/c1-10-7-11(2)16(14(18)8-10)21-9-15(20)19-13-5-3-12(17)4-6-13/h3-8H,9H2,1-2H3,(H,19,20). The van der Waals surface area contributed by atoms with E-state index >= 15 is 0 Å².